The minimum Gasteiger partial charge on any atom is -0.327 e. The van der Waals surface area contributed by atoms with Crippen LogP contribution in [-0.2, 0) is 11.8 Å². The van der Waals surface area contributed by atoms with Gasteiger partial charge in [0.05, 0.1) is 5.56 Å². The van der Waals surface area contributed by atoms with Crippen molar-refractivity contribution in [3.8, 4) is 0 Å². The summed E-state index contributed by atoms with van der Waals surface area (Å²) in [6.45, 7) is -0.191. The van der Waals surface area contributed by atoms with E-state index < -0.39 is 17.4 Å². The lowest BCUT2D eigenvalue weighted by molar-refractivity contribution is -0.137. The highest BCUT2D eigenvalue weighted by Gasteiger charge is 2.46. The first-order valence-electron chi connectivity index (χ1n) is 5.44. The minimum absolute atomic E-state index is 0.149. The molecule has 0 radical (unpaired) electrons. The van der Waals surface area contributed by atoms with Crippen molar-refractivity contribution in [2.75, 3.05) is 6.54 Å². The third-order valence-corrected chi connectivity index (χ3v) is 3.21. The number of nitrogens with two attached hydrogens (primary N) is 1. The summed E-state index contributed by atoms with van der Waals surface area (Å²) in [5.41, 5.74) is 3.21. The van der Waals surface area contributed by atoms with Crippen molar-refractivity contribution in [2.45, 2.75) is 24.7 Å². The molecule has 1 fully saturated rings. The van der Waals surface area contributed by atoms with Gasteiger partial charge in [-0.25, -0.2) is 4.39 Å². The van der Waals surface area contributed by atoms with E-state index in [1.807, 2.05) is 0 Å². The van der Waals surface area contributed by atoms with Gasteiger partial charge in [0, 0.05) is 6.54 Å². The summed E-state index contributed by atoms with van der Waals surface area (Å²) >= 11 is 0. The van der Waals surface area contributed by atoms with Crippen molar-refractivity contribution in [2.24, 2.45) is 11.7 Å². The van der Waals surface area contributed by atoms with E-state index >= 15 is 0 Å². The van der Waals surface area contributed by atoms with Gasteiger partial charge in [-0.05, 0) is 36.5 Å². The molecule has 1 aliphatic rings. The SMILES string of the molecule is NCC(F)(c1ccc(C(F)(F)F)cc1)C1CC1. The highest BCUT2D eigenvalue weighted by Crippen LogP contribution is 2.48. The topological polar surface area (TPSA) is 26.0 Å². The van der Waals surface area contributed by atoms with Crippen LogP contribution in [0.1, 0.15) is 24.0 Å². The molecule has 0 aliphatic heterocycles. The molecule has 0 amide bonds. The van der Waals surface area contributed by atoms with Crippen LogP contribution in [0.5, 0.6) is 0 Å². The maximum atomic E-state index is 14.5. The van der Waals surface area contributed by atoms with Crippen molar-refractivity contribution in [3.05, 3.63) is 35.4 Å². The molecule has 1 unspecified atom stereocenters. The Balaban J connectivity index is 2.28. The van der Waals surface area contributed by atoms with E-state index in [1.54, 1.807) is 0 Å². The largest absolute Gasteiger partial charge is 0.416 e. The van der Waals surface area contributed by atoms with E-state index in [4.69, 9.17) is 5.73 Å². The van der Waals surface area contributed by atoms with Crippen LogP contribution in [-0.4, -0.2) is 6.54 Å². The maximum absolute atomic E-state index is 14.5. The molecular weight excluding hydrogens is 234 g/mol. The van der Waals surface area contributed by atoms with E-state index in [0.29, 0.717) is 0 Å². The van der Waals surface area contributed by atoms with Crippen LogP contribution in [0, 0.1) is 5.92 Å². The van der Waals surface area contributed by atoms with Gasteiger partial charge >= 0.3 is 6.18 Å². The number of hydrogen-bond donors (Lipinski definition) is 1. The highest BCUT2D eigenvalue weighted by molar-refractivity contribution is 5.30. The van der Waals surface area contributed by atoms with Gasteiger partial charge in [0.2, 0.25) is 0 Å². The lowest BCUT2D eigenvalue weighted by atomic mass is 9.90. The molecule has 1 aromatic rings. The molecule has 17 heavy (non-hydrogen) atoms. The van der Waals surface area contributed by atoms with Gasteiger partial charge in [0.15, 0.2) is 5.67 Å². The van der Waals surface area contributed by atoms with E-state index in [0.717, 1.165) is 25.0 Å². The Morgan fingerprint density at radius 1 is 1.00 bits per heavy atom. The Hall–Kier alpha value is -1.10. The molecule has 94 valence electrons. The smallest absolute Gasteiger partial charge is 0.327 e. The first-order chi connectivity index (χ1) is 7.88. The van der Waals surface area contributed by atoms with Crippen molar-refractivity contribution in [1.82, 2.24) is 0 Å². The zero-order valence-electron chi connectivity index (χ0n) is 9.10. The molecule has 0 heterocycles. The molecule has 1 nitrogen and oxygen atoms in total. The molecule has 2 rings (SSSR count). The Labute approximate surface area is 96.6 Å². The molecule has 5 heteroatoms. The van der Waals surface area contributed by atoms with Crippen LogP contribution in [0.15, 0.2) is 24.3 Å². The van der Waals surface area contributed by atoms with Crippen LogP contribution in [0.4, 0.5) is 17.6 Å². The van der Waals surface area contributed by atoms with Gasteiger partial charge in [0.1, 0.15) is 0 Å². The lowest BCUT2D eigenvalue weighted by Crippen LogP contribution is -2.32. The zero-order chi connectivity index (χ0) is 12.7. The van der Waals surface area contributed by atoms with Gasteiger partial charge in [-0.15, -0.1) is 0 Å². The van der Waals surface area contributed by atoms with Gasteiger partial charge in [-0.2, -0.15) is 13.2 Å². The summed E-state index contributed by atoms with van der Waals surface area (Å²) in [6.07, 6.45) is -2.90. The van der Waals surface area contributed by atoms with E-state index in [-0.39, 0.29) is 18.0 Å². The van der Waals surface area contributed by atoms with Crippen LogP contribution in [0.25, 0.3) is 0 Å². The second-order valence-electron chi connectivity index (χ2n) is 4.42. The number of alkyl halides is 4. The molecule has 0 saturated heterocycles. The highest BCUT2D eigenvalue weighted by atomic mass is 19.4. The van der Waals surface area contributed by atoms with Crippen LogP contribution in [0.3, 0.4) is 0 Å². The Bertz CT molecular complexity index is 394. The van der Waals surface area contributed by atoms with E-state index in [1.165, 1.54) is 12.1 Å². The summed E-state index contributed by atoms with van der Waals surface area (Å²) in [5.74, 6) is -0.149. The third kappa shape index (κ3) is 2.29. The predicted octanol–water partition coefficient (Wildman–Crippen LogP) is 3.24. The summed E-state index contributed by atoms with van der Waals surface area (Å²) < 4.78 is 51.5. The minimum atomic E-state index is -4.39. The van der Waals surface area contributed by atoms with Crippen LogP contribution in [0.2, 0.25) is 0 Å². The molecule has 2 N–H and O–H groups in total. The maximum Gasteiger partial charge on any atom is 0.416 e. The van der Waals surface area contributed by atoms with Crippen molar-refractivity contribution in [3.63, 3.8) is 0 Å². The number of rotatable bonds is 3. The first-order valence-corrected chi connectivity index (χ1v) is 5.44. The third-order valence-electron chi connectivity index (χ3n) is 3.21. The zero-order valence-corrected chi connectivity index (χ0v) is 9.10. The van der Waals surface area contributed by atoms with E-state index in [2.05, 4.69) is 0 Å². The van der Waals surface area contributed by atoms with E-state index in [9.17, 15) is 17.6 Å². The normalized spacial score (nSPS) is 20.1. The first kappa shape index (κ1) is 12.4. The van der Waals surface area contributed by atoms with Gasteiger partial charge in [0.25, 0.3) is 0 Å². The van der Waals surface area contributed by atoms with Gasteiger partial charge in [-0.1, -0.05) is 12.1 Å². The van der Waals surface area contributed by atoms with Crippen molar-refractivity contribution >= 4 is 0 Å². The number of hydrogen-bond acceptors (Lipinski definition) is 1. The monoisotopic (exact) mass is 247 g/mol. The number of halogens is 4. The average molecular weight is 247 g/mol. The fourth-order valence-electron chi connectivity index (χ4n) is 2.00. The fraction of sp³-hybridized carbons (Fsp3) is 0.500. The quantitative estimate of drug-likeness (QED) is 0.815. The summed E-state index contributed by atoms with van der Waals surface area (Å²) in [5, 5.41) is 0. The molecule has 0 aromatic heterocycles. The molecule has 1 aliphatic carbocycles. The molecule has 0 spiro atoms. The predicted molar refractivity (Wildman–Crippen MR) is 56.0 cm³/mol. The van der Waals surface area contributed by atoms with Gasteiger partial charge in [-0.3, -0.25) is 0 Å². The molecule has 1 saturated carbocycles. The Kier molecular flexibility index (Phi) is 2.89. The molecule has 0 bridgehead atoms. The summed E-state index contributed by atoms with van der Waals surface area (Å²) in [6, 6.07) is 4.19. The van der Waals surface area contributed by atoms with Crippen molar-refractivity contribution < 1.29 is 17.6 Å². The molecule has 1 atom stereocenters. The van der Waals surface area contributed by atoms with Crippen LogP contribution >= 0.6 is 0 Å². The average Bonchev–Trinajstić information content (AvgIpc) is 3.11. The number of benzene rings is 1. The lowest BCUT2D eigenvalue weighted by Gasteiger charge is -2.24. The van der Waals surface area contributed by atoms with Crippen LogP contribution < -0.4 is 5.73 Å². The summed E-state index contributed by atoms with van der Waals surface area (Å²) in [7, 11) is 0. The second kappa shape index (κ2) is 3.98. The standard InChI is InChI=1S/C12H13F4N/c13-11(7-17,8-1-2-8)9-3-5-10(6-4-9)12(14,15)16/h3-6,8H,1-2,7,17H2. The van der Waals surface area contributed by atoms with Crippen molar-refractivity contribution in [1.29, 1.82) is 0 Å². The Morgan fingerprint density at radius 3 is 1.82 bits per heavy atom. The Morgan fingerprint density at radius 2 is 1.47 bits per heavy atom. The summed E-state index contributed by atoms with van der Waals surface area (Å²) in [4.78, 5) is 0. The fourth-order valence-corrected chi connectivity index (χ4v) is 2.00. The molecular formula is C12H13F4N. The van der Waals surface area contributed by atoms with Gasteiger partial charge < -0.3 is 5.73 Å². The second-order valence-corrected chi connectivity index (χ2v) is 4.42. The molecule has 1 aromatic carbocycles.